The monoisotopic (exact) mass is 500 g/mol. The molecule has 190 valence electrons. The predicted octanol–water partition coefficient (Wildman–Crippen LogP) is 4.95. The zero-order valence-corrected chi connectivity index (χ0v) is 21.5. The molecule has 0 aromatic heterocycles. The number of amides is 1. The van der Waals surface area contributed by atoms with Gasteiger partial charge in [-0.05, 0) is 56.6 Å². The van der Waals surface area contributed by atoms with Crippen LogP contribution in [0.25, 0.3) is 0 Å². The van der Waals surface area contributed by atoms with Crippen LogP contribution in [-0.4, -0.2) is 48.7 Å². The molecule has 1 unspecified atom stereocenters. The summed E-state index contributed by atoms with van der Waals surface area (Å²) in [5, 5.41) is 3.07. The molecule has 2 aromatic rings. The number of hydrogen-bond acceptors (Lipinski definition) is 5. The van der Waals surface area contributed by atoms with Crippen molar-refractivity contribution in [2.75, 3.05) is 25.9 Å². The maximum atomic E-state index is 13.5. The fourth-order valence-electron chi connectivity index (χ4n) is 4.23. The van der Waals surface area contributed by atoms with Crippen LogP contribution in [0.4, 0.5) is 0 Å². The van der Waals surface area contributed by atoms with E-state index in [1.807, 2.05) is 55.5 Å². The molecule has 0 radical (unpaired) electrons. The number of nitrogens with zero attached hydrogens (tertiary/aromatic N) is 1. The first-order valence-corrected chi connectivity index (χ1v) is 14.3. The lowest BCUT2D eigenvalue weighted by Crippen LogP contribution is -2.46. The van der Waals surface area contributed by atoms with Crippen molar-refractivity contribution in [2.24, 2.45) is 0 Å². The molecule has 1 aliphatic rings. The molecule has 0 bridgehead atoms. The third-order valence-electron chi connectivity index (χ3n) is 6.04. The van der Waals surface area contributed by atoms with Gasteiger partial charge in [0.1, 0.15) is 13.2 Å². The maximum Gasteiger partial charge on any atom is 0.325 e. The molecule has 3 rings (SSSR count). The van der Waals surface area contributed by atoms with Gasteiger partial charge in [-0.25, -0.2) is 5.09 Å². The van der Waals surface area contributed by atoms with E-state index < -0.39 is 19.5 Å². The van der Waals surface area contributed by atoms with Gasteiger partial charge in [0, 0.05) is 12.7 Å². The smallest absolute Gasteiger partial charge is 0.325 e. The summed E-state index contributed by atoms with van der Waals surface area (Å²) in [5.74, 6) is -0.667. The van der Waals surface area contributed by atoms with Gasteiger partial charge in [-0.3, -0.25) is 14.2 Å². The second-order valence-corrected chi connectivity index (χ2v) is 11.2. The van der Waals surface area contributed by atoms with Gasteiger partial charge < -0.3 is 14.2 Å². The Morgan fingerprint density at radius 1 is 1.03 bits per heavy atom. The first-order chi connectivity index (χ1) is 17.0. The van der Waals surface area contributed by atoms with Gasteiger partial charge >= 0.3 is 5.97 Å². The number of rotatable bonds is 13. The fourth-order valence-corrected chi connectivity index (χ4v) is 6.33. The molecule has 7 nitrogen and oxygen atoms in total. The molecule has 0 aliphatic carbocycles. The first-order valence-electron chi connectivity index (χ1n) is 12.5. The summed E-state index contributed by atoms with van der Waals surface area (Å²) in [4.78, 5) is 27.2. The van der Waals surface area contributed by atoms with Gasteiger partial charge in [-0.15, -0.1) is 0 Å². The molecule has 0 saturated carbocycles. The topological polar surface area (TPSA) is 84.9 Å². The Labute approximate surface area is 208 Å². The molecule has 0 spiro atoms. The first kappa shape index (κ1) is 27.1. The number of unbranched alkanes of at least 4 members (excludes halogenated alkanes) is 1. The zero-order chi connectivity index (χ0) is 24.9. The van der Waals surface area contributed by atoms with Crippen molar-refractivity contribution in [2.45, 2.75) is 58.1 Å². The van der Waals surface area contributed by atoms with E-state index in [2.05, 4.69) is 17.2 Å². The van der Waals surface area contributed by atoms with Crippen molar-refractivity contribution < 1.29 is 23.4 Å². The van der Waals surface area contributed by atoms with E-state index in [9.17, 15) is 14.2 Å². The highest BCUT2D eigenvalue weighted by Crippen LogP contribution is 2.44. The third-order valence-corrected chi connectivity index (χ3v) is 8.33. The van der Waals surface area contributed by atoms with Crippen molar-refractivity contribution in [3.8, 4) is 0 Å². The normalized spacial score (nSPS) is 18.0. The minimum absolute atomic E-state index is 0.111. The standard InChI is InChI=1S/C27H37N2O5P/c1-2-34-35(32,20-12-10-15-23-13-5-3-6-14-23)28-25-18-9-11-19-29(27(25)31)21-26(30)33-22-24-16-7-4-8-17-24/h3-8,13-14,16-17,25H,2,9-12,15,18-22H2,1H3,(H,28,32)/t25-,35?/m0/s1. The van der Waals surface area contributed by atoms with Crippen molar-refractivity contribution in [1.29, 1.82) is 0 Å². The molecule has 2 atom stereocenters. The van der Waals surface area contributed by atoms with Crippen LogP contribution in [0.3, 0.4) is 0 Å². The van der Waals surface area contributed by atoms with E-state index in [-0.39, 0.29) is 19.1 Å². The Kier molecular flexibility index (Phi) is 11.0. The number of esters is 1. The SMILES string of the molecule is CCOP(=O)(CCCCc1ccccc1)N[C@H]1CCCCN(CC(=O)OCc2ccccc2)C1=O. The van der Waals surface area contributed by atoms with Crippen LogP contribution >= 0.6 is 7.52 Å². The number of hydrogen-bond donors (Lipinski definition) is 1. The van der Waals surface area contributed by atoms with Crippen LogP contribution < -0.4 is 5.09 Å². The molecule has 8 heteroatoms. The van der Waals surface area contributed by atoms with Gasteiger partial charge in [-0.1, -0.05) is 60.7 Å². The fraction of sp³-hybridized carbons (Fsp3) is 0.481. The molecule has 35 heavy (non-hydrogen) atoms. The summed E-state index contributed by atoms with van der Waals surface area (Å²) in [6, 6.07) is 19.0. The lowest BCUT2D eigenvalue weighted by molar-refractivity contribution is -0.150. The number of nitrogens with one attached hydrogen (secondary N) is 1. The summed E-state index contributed by atoms with van der Waals surface area (Å²) in [7, 11) is -3.19. The largest absolute Gasteiger partial charge is 0.459 e. The van der Waals surface area contributed by atoms with Crippen molar-refractivity contribution in [3.05, 3.63) is 71.8 Å². The molecule has 1 fully saturated rings. The highest BCUT2D eigenvalue weighted by Gasteiger charge is 2.34. The number of likely N-dealkylation sites (tertiary alicyclic amines) is 1. The van der Waals surface area contributed by atoms with E-state index in [1.165, 1.54) is 10.5 Å². The quantitative estimate of drug-likeness (QED) is 0.238. The molecule has 1 aliphatic heterocycles. The van der Waals surface area contributed by atoms with Gasteiger partial charge in [0.25, 0.3) is 7.52 Å². The van der Waals surface area contributed by atoms with E-state index in [0.717, 1.165) is 37.7 Å². The molecule has 2 aromatic carbocycles. The van der Waals surface area contributed by atoms with Crippen LogP contribution in [0.1, 0.15) is 50.2 Å². The van der Waals surface area contributed by atoms with Crippen LogP contribution in [-0.2, 0) is 36.4 Å². The third kappa shape index (κ3) is 9.25. The Morgan fingerprint density at radius 3 is 2.40 bits per heavy atom. The molecule has 1 saturated heterocycles. The molecular formula is C27H37N2O5P. The molecule has 1 heterocycles. The second-order valence-electron chi connectivity index (χ2n) is 8.84. The summed E-state index contributed by atoms with van der Waals surface area (Å²) in [6.07, 6.45) is 5.06. The van der Waals surface area contributed by atoms with Gasteiger partial charge in [-0.2, -0.15) is 0 Å². The molecule has 1 amide bonds. The van der Waals surface area contributed by atoms with Crippen LogP contribution in [0, 0.1) is 0 Å². The van der Waals surface area contributed by atoms with Crippen LogP contribution in [0.5, 0.6) is 0 Å². The average molecular weight is 501 g/mol. The number of carbonyl (C=O) groups excluding carboxylic acids is 2. The number of carbonyl (C=O) groups is 2. The van der Waals surface area contributed by atoms with Crippen molar-refractivity contribution in [1.82, 2.24) is 9.99 Å². The number of benzene rings is 2. The number of aryl methyl sites for hydroxylation is 1. The minimum atomic E-state index is -3.19. The minimum Gasteiger partial charge on any atom is -0.459 e. The van der Waals surface area contributed by atoms with Gasteiger partial charge in [0.15, 0.2) is 0 Å². The predicted molar refractivity (Wildman–Crippen MR) is 137 cm³/mol. The van der Waals surface area contributed by atoms with Crippen LogP contribution in [0.15, 0.2) is 60.7 Å². The Morgan fingerprint density at radius 2 is 1.71 bits per heavy atom. The zero-order valence-electron chi connectivity index (χ0n) is 20.6. The Balaban J connectivity index is 1.52. The summed E-state index contributed by atoms with van der Waals surface area (Å²) in [6.45, 7) is 2.65. The van der Waals surface area contributed by atoms with E-state index >= 15 is 0 Å². The summed E-state index contributed by atoms with van der Waals surface area (Å²) >= 11 is 0. The summed E-state index contributed by atoms with van der Waals surface area (Å²) < 4.78 is 24.6. The maximum absolute atomic E-state index is 13.5. The van der Waals surface area contributed by atoms with Crippen LogP contribution in [0.2, 0.25) is 0 Å². The lowest BCUT2D eigenvalue weighted by atomic mass is 10.1. The average Bonchev–Trinajstić information content (AvgIpc) is 3.03. The van der Waals surface area contributed by atoms with Crippen molar-refractivity contribution >= 4 is 19.4 Å². The summed E-state index contributed by atoms with van der Waals surface area (Å²) in [5.41, 5.74) is 2.15. The van der Waals surface area contributed by atoms with Gasteiger partial charge in [0.2, 0.25) is 5.91 Å². The molecule has 1 N–H and O–H groups in total. The molecular weight excluding hydrogens is 463 g/mol. The second kappa shape index (κ2) is 14.2. The highest BCUT2D eigenvalue weighted by molar-refractivity contribution is 7.56. The Bertz CT molecular complexity index is 970. The lowest BCUT2D eigenvalue weighted by Gasteiger charge is -2.27. The van der Waals surface area contributed by atoms with Gasteiger partial charge in [0.05, 0.1) is 12.6 Å². The highest BCUT2D eigenvalue weighted by atomic mass is 31.2. The van der Waals surface area contributed by atoms with E-state index in [4.69, 9.17) is 9.26 Å². The van der Waals surface area contributed by atoms with Crippen molar-refractivity contribution in [3.63, 3.8) is 0 Å². The van der Waals surface area contributed by atoms with E-state index in [1.54, 1.807) is 0 Å². The Hall–Kier alpha value is -2.47. The van der Waals surface area contributed by atoms with E-state index in [0.29, 0.717) is 25.7 Å². The number of ether oxygens (including phenoxy) is 1.